The topological polar surface area (TPSA) is 44.5 Å². The van der Waals surface area contributed by atoms with Crippen LogP contribution in [0.4, 0.5) is 0 Å². The van der Waals surface area contributed by atoms with Gasteiger partial charge in [-0.1, -0.05) is 24.3 Å². The van der Waals surface area contributed by atoms with Crippen LogP contribution >= 0.6 is 0 Å². The summed E-state index contributed by atoms with van der Waals surface area (Å²) in [6, 6.07) is 5.85. The molecular formula is C10H11NO2. The zero-order valence-electron chi connectivity index (χ0n) is 7.19. The summed E-state index contributed by atoms with van der Waals surface area (Å²) in [5, 5.41) is 0. The van der Waals surface area contributed by atoms with Crippen molar-refractivity contribution in [3.8, 4) is 5.75 Å². The molecule has 13 heavy (non-hydrogen) atoms. The monoisotopic (exact) mass is 177 g/mol. The van der Waals surface area contributed by atoms with E-state index in [-0.39, 0.29) is 0 Å². The smallest absolute Gasteiger partial charge is 0.172 e. The van der Waals surface area contributed by atoms with Gasteiger partial charge in [0, 0.05) is 12.1 Å². The predicted octanol–water partition coefficient (Wildman–Crippen LogP) is 1.48. The number of rotatable bonds is 1. The van der Waals surface area contributed by atoms with Crippen LogP contribution in [0.3, 0.4) is 0 Å². The van der Waals surface area contributed by atoms with Gasteiger partial charge in [-0.25, -0.2) is 0 Å². The molecular weight excluding hydrogens is 166 g/mol. The highest BCUT2D eigenvalue weighted by atomic mass is 17.2. The predicted molar refractivity (Wildman–Crippen MR) is 49.9 cm³/mol. The summed E-state index contributed by atoms with van der Waals surface area (Å²) in [5.41, 5.74) is 7.57. The van der Waals surface area contributed by atoms with Gasteiger partial charge < -0.3 is 10.6 Å². The van der Waals surface area contributed by atoms with Crippen LogP contribution in [0.1, 0.15) is 11.1 Å². The highest BCUT2D eigenvalue weighted by Crippen LogP contribution is 2.23. The van der Waals surface area contributed by atoms with E-state index in [0.29, 0.717) is 13.2 Å². The van der Waals surface area contributed by atoms with Gasteiger partial charge in [0.05, 0.1) is 0 Å². The Balaban J connectivity index is 2.40. The number of benzene rings is 1. The summed E-state index contributed by atoms with van der Waals surface area (Å²) in [6.45, 7) is 0.993. The fourth-order valence-corrected chi connectivity index (χ4v) is 1.23. The van der Waals surface area contributed by atoms with Gasteiger partial charge in [-0.3, -0.25) is 0 Å². The van der Waals surface area contributed by atoms with E-state index in [9.17, 15) is 0 Å². The molecule has 1 aromatic carbocycles. The third kappa shape index (κ3) is 1.71. The van der Waals surface area contributed by atoms with E-state index < -0.39 is 0 Å². The summed E-state index contributed by atoms with van der Waals surface area (Å²) in [4.78, 5) is 9.97. The molecule has 68 valence electrons. The summed E-state index contributed by atoms with van der Waals surface area (Å²) in [5.74, 6) is 0.733. The van der Waals surface area contributed by atoms with Crippen molar-refractivity contribution in [3.05, 3.63) is 35.4 Å². The van der Waals surface area contributed by atoms with Gasteiger partial charge in [0.15, 0.2) is 5.75 Å². The second-order valence-corrected chi connectivity index (χ2v) is 2.85. The highest BCUT2D eigenvalue weighted by Gasteiger charge is 2.05. The fourth-order valence-electron chi connectivity index (χ4n) is 1.23. The maximum absolute atomic E-state index is 5.51. The molecule has 2 rings (SSSR count). The standard InChI is InChI=1S/C10H11NO2/c11-7-8-3-4-9-2-1-5-12-13-10(9)6-8/h1-4,6H,5,7,11H2. The Morgan fingerprint density at radius 3 is 3.15 bits per heavy atom. The molecule has 3 nitrogen and oxygen atoms in total. The quantitative estimate of drug-likeness (QED) is 0.661. The number of hydrogen-bond donors (Lipinski definition) is 1. The van der Waals surface area contributed by atoms with Crippen molar-refractivity contribution in [2.45, 2.75) is 6.54 Å². The van der Waals surface area contributed by atoms with Crippen LogP contribution in [0.2, 0.25) is 0 Å². The Hall–Kier alpha value is -1.32. The first-order valence-corrected chi connectivity index (χ1v) is 4.19. The first kappa shape index (κ1) is 8.29. The van der Waals surface area contributed by atoms with Gasteiger partial charge in [-0.15, -0.1) is 0 Å². The van der Waals surface area contributed by atoms with Crippen LogP contribution in [0.5, 0.6) is 5.75 Å². The first-order chi connectivity index (χ1) is 6.40. The Labute approximate surface area is 76.7 Å². The molecule has 0 aliphatic carbocycles. The molecule has 0 fully saturated rings. The number of fused-ring (bicyclic) bond motifs is 1. The van der Waals surface area contributed by atoms with Gasteiger partial charge >= 0.3 is 0 Å². The molecule has 1 heterocycles. The second kappa shape index (κ2) is 3.60. The average molecular weight is 177 g/mol. The molecule has 0 amide bonds. The van der Waals surface area contributed by atoms with Crippen molar-refractivity contribution in [1.29, 1.82) is 0 Å². The van der Waals surface area contributed by atoms with Gasteiger partial charge in [0.1, 0.15) is 6.61 Å². The average Bonchev–Trinajstić information content (AvgIpc) is 2.41. The molecule has 1 aliphatic rings. The van der Waals surface area contributed by atoms with E-state index in [1.165, 1.54) is 0 Å². The van der Waals surface area contributed by atoms with Gasteiger partial charge in [0.2, 0.25) is 0 Å². The minimum Gasteiger partial charge on any atom is -0.337 e. The van der Waals surface area contributed by atoms with Crippen molar-refractivity contribution >= 4 is 6.08 Å². The van der Waals surface area contributed by atoms with Gasteiger partial charge in [-0.2, -0.15) is 4.89 Å². The van der Waals surface area contributed by atoms with E-state index in [4.69, 9.17) is 15.5 Å². The maximum atomic E-state index is 5.51. The van der Waals surface area contributed by atoms with Crippen molar-refractivity contribution in [3.63, 3.8) is 0 Å². The molecule has 0 bridgehead atoms. The van der Waals surface area contributed by atoms with Crippen LogP contribution in [0.25, 0.3) is 6.08 Å². The summed E-state index contributed by atoms with van der Waals surface area (Å²) in [6.07, 6.45) is 3.89. The molecule has 0 atom stereocenters. The van der Waals surface area contributed by atoms with E-state index in [1.54, 1.807) is 0 Å². The van der Waals surface area contributed by atoms with Crippen molar-refractivity contribution < 1.29 is 9.78 Å². The molecule has 2 N–H and O–H groups in total. The van der Waals surface area contributed by atoms with Crippen molar-refractivity contribution in [2.75, 3.05) is 6.61 Å². The third-order valence-electron chi connectivity index (χ3n) is 1.92. The molecule has 0 radical (unpaired) electrons. The summed E-state index contributed by atoms with van der Waals surface area (Å²) < 4.78 is 0. The molecule has 0 saturated heterocycles. The molecule has 1 aromatic rings. The van der Waals surface area contributed by atoms with E-state index in [0.717, 1.165) is 16.9 Å². The minimum atomic E-state index is 0.479. The van der Waals surface area contributed by atoms with Crippen LogP contribution in [-0.4, -0.2) is 6.61 Å². The van der Waals surface area contributed by atoms with Crippen molar-refractivity contribution in [2.24, 2.45) is 5.73 Å². The summed E-state index contributed by atoms with van der Waals surface area (Å²) in [7, 11) is 0. The normalized spacial score (nSPS) is 14.5. The third-order valence-corrected chi connectivity index (χ3v) is 1.92. The SMILES string of the molecule is NCc1ccc2c(c1)OOCC=C2. The van der Waals surface area contributed by atoms with Gasteiger partial charge in [0.25, 0.3) is 0 Å². The van der Waals surface area contributed by atoms with E-state index in [2.05, 4.69) is 0 Å². The Morgan fingerprint density at radius 2 is 2.31 bits per heavy atom. The molecule has 0 unspecified atom stereocenters. The van der Waals surface area contributed by atoms with E-state index in [1.807, 2.05) is 30.4 Å². The molecule has 1 aliphatic heterocycles. The minimum absolute atomic E-state index is 0.479. The fraction of sp³-hybridized carbons (Fsp3) is 0.200. The van der Waals surface area contributed by atoms with Crippen LogP contribution in [-0.2, 0) is 11.4 Å². The zero-order chi connectivity index (χ0) is 9.10. The lowest BCUT2D eigenvalue weighted by Gasteiger charge is -2.05. The zero-order valence-corrected chi connectivity index (χ0v) is 7.19. The largest absolute Gasteiger partial charge is 0.337 e. The van der Waals surface area contributed by atoms with Crippen LogP contribution < -0.4 is 10.6 Å². The second-order valence-electron chi connectivity index (χ2n) is 2.85. The lowest BCUT2D eigenvalue weighted by Crippen LogP contribution is -1.99. The maximum Gasteiger partial charge on any atom is 0.172 e. The molecule has 3 heteroatoms. The Kier molecular flexibility index (Phi) is 2.29. The van der Waals surface area contributed by atoms with Crippen molar-refractivity contribution in [1.82, 2.24) is 0 Å². The number of nitrogens with two attached hydrogens (primary N) is 1. The molecule has 0 saturated carbocycles. The first-order valence-electron chi connectivity index (χ1n) is 4.19. The number of hydrogen-bond acceptors (Lipinski definition) is 3. The Morgan fingerprint density at radius 1 is 1.38 bits per heavy atom. The van der Waals surface area contributed by atoms with E-state index >= 15 is 0 Å². The van der Waals surface area contributed by atoms with Gasteiger partial charge in [-0.05, 0) is 11.6 Å². The van der Waals surface area contributed by atoms with Crippen LogP contribution in [0.15, 0.2) is 24.3 Å². The molecule has 0 spiro atoms. The lowest BCUT2D eigenvalue weighted by molar-refractivity contribution is -0.194. The molecule has 0 aromatic heterocycles. The Bertz CT molecular complexity index is 334. The highest BCUT2D eigenvalue weighted by molar-refractivity contribution is 5.58. The summed E-state index contributed by atoms with van der Waals surface area (Å²) >= 11 is 0. The van der Waals surface area contributed by atoms with Crippen LogP contribution in [0, 0.1) is 0 Å². The lowest BCUT2D eigenvalue weighted by atomic mass is 10.1.